The van der Waals surface area contributed by atoms with Crippen molar-refractivity contribution < 1.29 is 8.42 Å². The zero-order valence-corrected chi connectivity index (χ0v) is 12.7. The lowest BCUT2D eigenvalue weighted by atomic mass is 10.2. The maximum atomic E-state index is 12.4. The quantitative estimate of drug-likeness (QED) is 0.887. The number of anilines is 2. The van der Waals surface area contributed by atoms with Crippen LogP contribution in [0.4, 0.5) is 11.5 Å². The van der Waals surface area contributed by atoms with Crippen LogP contribution in [0.25, 0.3) is 0 Å². The Bertz CT molecular complexity index is 846. The molecular formula is C13H15N5O2S. The summed E-state index contributed by atoms with van der Waals surface area (Å²) in [6, 6.07) is 6.34. The van der Waals surface area contributed by atoms with E-state index in [0.717, 1.165) is 0 Å². The number of sulfonamides is 1. The SMILES string of the molecule is Cc1cc(C#N)ccc1S(=O)(=O)Nc1c(N)c(C)nn1C. The summed E-state index contributed by atoms with van der Waals surface area (Å²) in [7, 11) is -2.20. The van der Waals surface area contributed by atoms with Crippen LogP contribution >= 0.6 is 0 Å². The molecular weight excluding hydrogens is 290 g/mol. The van der Waals surface area contributed by atoms with Crippen molar-refractivity contribution in [1.29, 1.82) is 5.26 Å². The molecule has 0 aliphatic carbocycles. The molecule has 0 radical (unpaired) electrons. The number of nitrogens with two attached hydrogens (primary N) is 1. The number of nitrogens with zero attached hydrogens (tertiary/aromatic N) is 3. The highest BCUT2D eigenvalue weighted by Crippen LogP contribution is 2.25. The maximum Gasteiger partial charge on any atom is 0.263 e. The van der Waals surface area contributed by atoms with Gasteiger partial charge < -0.3 is 5.73 Å². The average Bonchev–Trinajstić information content (AvgIpc) is 2.64. The van der Waals surface area contributed by atoms with Crippen molar-refractivity contribution in [2.24, 2.45) is 7.05 Å². The van der Waals surface area contributed by atoms with Gasteiger partial charge in [-0.3, -0.25) is 4.72 Å². The Balaban J connectivity index is 2.46. The lowest BCUT2D eigenvalue weighted by Gasteiger charge is -2.11. The molecule has 0 amide bonds. The zero-order valence-electron chi connectivity index (χ0n) is 11.9. The van der Waals surface area contributed by atoms with Crippen LogP contribution in [0, 0.1) is 25.2 Å². The molecule has 0 bridgehead atoms. The van der Waals surface area contributed by atoms with Crippen LogP contribution in [0.15, 0.2) is 23.1 Å². The molecule has 0 spiro atoms. The number of nitrogens with one attached hydrogen (secondary N) is 1. The van der Waals surface area contributed by atoms with Gasteiger partial charge in [0.25, 0.3) is 10.0 Å². The van der Waals surface area contributed by atoms with Gasteiger partial charge in [-0.1, -0.05) is 0 Å². The molecule has 1 heterocycles. The van der Waals surface area contributed by atoms with Gasteiger partial charge in [-0.05, 0) is 37.6 Å². The minimum atomic E-state index is -3.80. The first kappa shape index (κ1) is 14.9. The van der Waals surface area contributed by atoms with Crippen molar-refractivity contribution in [3.63, 3.8) is 0 Å². The van der Waals surface area contributed by atoms with Gasteiger partial charge in [0.05, 0.1) is 27.9 Å². The van der Waals surface area contributed by atoms with Crippen LogP contribution in [0.5, 0.6) is 0 Å². The molecule has 110 valence electrons. The molecule has 2 aromatic rings. The zero-order chi connectivity index (χ0) is 15.8. The maximum absolute atomic E-state index is 12.4. The van der Waals surface area contributed by atoms with E-state index in [1.165, 1.54) is 22.9 Å². The van der Waals surface area contributed by atoms with Crippen LogP contribution < -0.4 is 10.5 Å². The summed E-state index contributed by atoms with van der Waals surface area (Å²) in [5, 5.41) is 12.9. The number of nitrogen functional groups attached to an aromatic ring is 1. The Morgan fingerprint density at radius 3 is 2.52 bits per heavy atom. The Hall–Kier alpha value is -2.53. The lowest BCUT2D eigenvalue weighted by molar-refractivity contribution is 0.599. The number of benzene rings is 1. The molecule has 8 heteroatoms. The summed E-state index contributed by atoms with van der Waals surface area (Å²) >= 11 is 0. The van der Waals surface area contributed by atoms with Gasteiger partial charge in [0.2, 0.25) is 0 Å². The largest absolute Gasteiger partial charge is 0.394 e. The second kappa shape index (κ2) is 5.10. The first-order valence-corrected chi connectivity index (χ1v) is 7.57. The van der Waals surface area contributed by atoms with Crippen molar-refractivity contribution in [2.45, 2.75) is 18.7 Å². The van der Waals surface area contributed by atoms with E-state index in [0.29, 0.717) is 16.8 Å². The molecule has 0 saturated heterocycles. The van der Waals surface area contributed by atoms with Crippen molar-refractivity contribution in [3.05, 3.63) is 35.0 Å². The minimum Gasteiger partial charge on any atom is -0.394 e. The number of hydrogen-bond donors (Lipinski definition) is 2. The monoisotopic (exact) mass is 305 g/mol. The van der Waals surface area contributed by atoms with E-state index < -0.39 is 10.0 Å². The summed E-state index contributed by atoms with van der Waals surface area (Å²) in [4.78, 5) is 0.0970. The summed E-state index contributed by atoms with van der Waals surface area (Å²) in [5.74, 6) is 0.219. The molecule has 7 nitrogen and oxygen atoms in total. The van der Waals surface area contributed by atoms with Crippen LogP contribution in [0.1, 0.15) is 16.8 Å². The van der Waals surface area contributed by atoms with E-state index in [-0.39, 0.29) is 16.4 Å². The molecule has 2 rings (SSSR count). The summed E-state index contributed by atoms with van der Waals surface area (Å²) in [5.41, 5.74) is 7.54. The van der Waals surface area contributed by atoms with E-state index in [4.69, 9.17) is 11.0 Å². The number of hydrogen-bond acceptors (Lipinski definition) is 5. The van der Waals surface area contributed by atoms with E-state index in [1.54, 1.807) is 20.9 Å². The Morgan fingerprint density at radius 2 is 2.05 bits per heavy atom. The highest BCUT2D eigenvalue weighted by molar-refractivity contribution is 7.92. The van der Waals surface area contributed by atoms with Crippen molar-refractivity contribution in [1.82, 2.24) is 9.78 Å². The standard InChI is InChI=1S/C13H15N5O2S/c1-8-6-10(7-14)4-5-11(8)21(19,20)17-13-12(15)9(2)16-18(13)3/h4-6,17H,15H2,1-3H3. The van der Waals surface area contributed by atoms with Gasteiger partial charge in [-0.15, -0.1) is 0 Å². The average molecular weight is 305 g/mol. The molecule has 1 aromatic heterocycles. The predicted molar refractivity (Wildman–Crippen MR) is 79.1 cm³/mol. The van der Waals surface area contributed by atoms with Crippen LogP contribution in [0.2, 0.25) is 0 Å². The Kier molecular flexibility index (Phi) is 3.61. The Labute approximate surface area is 123 Å². The molecule has 3 N–H and O–H groups in total. The molecule has 0 aliphatic heterocycles. The number of nitriles is 1. The van der Waals surface area contributed by atoms with Gasteiger partial charge in [0.1, 0.15) is 0 Å². The van der Waals surface area contributed by atoms with Crippen LogP contribution in [-0.4, -0.2) is 18.2 Å². The fourth-order valence-electron chi connectivity index (χ4n) is 2.00. The summed E-state index contributed by atoms with van der Waals surface area (Å²) in [6.07, 6.45) is 0. The summed E-state index contributed by atoms with van der Waals surface area (Å²) < 4.78 is 28.7. The molecule has 0 unspecified atom stereocenters. The van der Waals surface area contributed by atoms with Gasteiger partial charge >= 0.3 is 0 Å². The van der Waals surface area contributed by atoms with Gasteiger partial charge in [0, 0.05) is 7.05 Å². The summed E-state index contributed by atoms with van der Waals surface area (Å²) in [6.45, 7) is 3.33. The number of aryl methyl sites for hydroxylation is 3. The van der Waals surface area contributed by atoms with E-state index in [1.807, 2.05) is 6.07 Å². The third-order valence-corrected chi connectivity index (χ3v) is 4.59. The second-order valence-electron chi connectivity index (χ2n) is 4.67. The minimum absolute atomic E-state index is 0.0970. The second-order valence-corrected chi connectivity index (χ2v) is 6.32. The molecule has 0 atom stereocenters. The van der Waals surface area contributed by atoms with Crippen molar-refractivity contribution in [2.75, 3.05) is 10.5 Å². The third-order valence-electron chi connectivity index (χ3n) is 3.09. The highest BCUT2D eigenvalue weighted by Gasteiger charge is 2.21. The van der Waals surface area contributed by atoms with E-state index >= 15 is 0 Å². The third kappa shape index (κ3) is 2.68. The normalized spacial score (nSPS) is 11.1. The predicted octanol–water partition coefficient (Wildman–Crippen LogP) is 1.29. The van der Waals surface area contributed by atoms with Crippen LogP contribution in [0.3, 0.4) is 0 Å². The lowest BCUT2D eigenvalue weighted by Crippen LogP contribution is -2.17. The van der Waals surface area contributed by atoms with E-state index in [2.05, 4.69) is 9.82 Å². The molecule has 0 fully saturated rings. The fraction of sp³-hybridized carbons (Fsp3) is 0.231. The van der Waals surface area contributed by atoms with Gasteiger partial charge in [0.15, 0.2) is 5.82 Å². The van der Waals surface area contributed by atoms with Crippen LogP contribution in [-0.2, 0) is 17.1 Å². The molecule has 0 aliphatic rings. The van der Waals surface area contributed by atoms with Gasteiger partial charge in [-0.2, -0.15) is 10.4 Å². The number of aromatic nitrogens is 2. The first-order valence-electron chi connectivity index (χ1n) is 6.09. The number of rotatable bonds is 3. The van der Waals surface area contributed by atoms with Gasteiger partial charge in [-0.25, -0.2) is 13.1 Å². The smallest absolute Gasteiger partial charge is 0.263 e. The highest BCUT2D eigenvalue weighted by atomic mass is 32.2. The van der Waals surface area contributed by atoms with Crippen molar-refractivity contribution >= 4 is 21.5 Å². The fourth-order valence-corrected chi connectivity index (χ4v) is 3.33. The molecule has 0 saturated carbocycles. The molecule has 21 heavy (non-hydrogen) atoms. The molecule has 1 aromatic carbocycles. The van der Waals surface area contributed by atoms with E-state index in [9.17, 15) is 8.42 Å². The van der Waals surface area contributed by atoms with Crippen molar-refractivity contribution in [3.8, 4) is 6.07 Å². The topological polar surface area (TPSA) is 114 Å². The first-order chi connectivity index (χ1) is 9.76. The Morgan fingerprint density at radius 1 is 1.38 bits per heavy atom.